The Balaban J connectivity index is 2.19. The van der Waals surface area contributed by atoms with E-state index in [1.807, 2.05) is 37.3 Å². The van der Waals surface area contributed by atoms with Crippen molar-refractivity contribution in [3.63, 3.8) is 0 Å². The van der Waals surface area contributed by atoms with Gasteiger partial charge in [-0.3, -0.25) is 4.79 Å². The molecule has 0 aliphatic carbocycles. The second-order valence-electron chi connectivity index (χ2n) is 5.24. The van der Waals surface area contributed by atoms with Crippen LogP contribution >= 0.6 is 0 Å². The molecule has 21 heavy (non-hydrogen) atoms. The number of carbonyl (C=O) groups is 1. The quantitative estimate of drug-likeness (QED) is 0.675. The molecule has 1 amide bonds. The molecule has 0 fully saturated rings. The lowest BCUT2D eigenvalue weighted by Gasteiger charge is -2.06. The number of rotatable bonds is 10. The number of amides is 1. The van der Waals surface area contributed by atoms with Crippen molar-refractivity contribution in [1.82, 2.24) is 5.32 Å². The van der Waals surface area contributed by atoms with Crippen molar-refractivity contribution in [3.05, 3.63) is 35.9 Å². The molecule has 0 unspecified atom stereocenters. The van der Waals surface area contributed by atoms with E-state index in [1.165, 1.54) is 5.56 Å². The smallest absolute Gasteiger partial charge is 0.235 e. The third-order valence-electron chi connectivity index (χ3n) is 3.22. The van der Waals surface area contributed by atoms with Crippen molar-refractivity contribution in [2.45, 2.75) is 39.0 Å². The van der Waals surface area contributed by atoms with Gasteiger partial charge in [-0.25, -0.2) is 8.42 Å². The molecule has 0 aliphatic heterocycles. The maximum absolute atomic E-state index is 11.7. The van der Waals surface area contributed by atoms with E-state index in [0.717, 1.165) is 25.7 Å². The monoisotopic (exact) mass is 311 g/mol. The summed E-state index contributed by atoms with van der Waals surface area (Å²) in [5.41, 5.74) is 1.22. The third-order valence-corrected chi connectivity index (χ3v) is 4.83. The van der Waals surface area contributed by atoms with E-state index < -0.39 is 9.84 Å². The fourth-order valence-corrected chi connectivity index (χ4v) is 3.35. The molecule has 0 heterocycles. The summed E-state index contributed by atoms with van der Waals surface area (Å²) < 4.78 is 23.4. The summed E-state index contributed by atoms with van der Waals surface area (Å²) in [4.78, 5) is 11.6. The Bertz CT molecular complexity index is 512. The van der Waals surface area contributed by atoms with Gasteiger partial charge in [-0.1, -0.05) is 50.1 Å². The van der Waals surface area contributed by atoms with E-state index in [0.29, 0.717) is 13.0 Å². The Kier molecular flexibility index (Phi) is 8.05. The molecule has 0 atom stereocenters. The van der Waals surface area contributed by atoms with Gasteiger partial charge in [0.1, 0.15) is 5.75 Å². The summed E-state index contributed by atoms with van der Waals surface area (Å²) in [6.07, 6.45) is 4.19. The van der Waals surface area contributed by atoms with Gasteiger partial charge in [0.05, 0.1) is 5.75 Å². The number of aryl methyl sites for hydroxylation is 1. The molecule has 118 valence electrons. The number of hydrogen-bond acceptors (Lipinski definition) is 3. The normalized spacial score (nSPS) is 11.3. The number of benzene rings is 1. The highest BCUT2D eigenvalue weighted by atomic mass is 32.2. The van der Waals surface area contributed by atoms with E-state index in [-0.39, 0.29) is 17.4 Å². The van der Waals surface area contributed by atoms with E-state index in [1.54, 1.807) is 0 Å². The minimum atomic E-state index is -3.25. The van der Waals surface area contributed by atoms with E-state index in [4.69, 9.17) is 0 Å². The molecule has 4 nitrogen and oxygen atoms in total. The molecule has 1 aromatic rings. The zero-order valence-corrected chi connectivity index (χ0v) is 13.5. The van der Waals surface area contributed by atoms with Gasteiger partial charge in [0.15, 0.2) is 9.84 Å². The topological polar surface area (TPSA) is 63.2 Å². The van der Waals surface area contributed by atoms with Gasteiger partial charge in [0, 0.05) is 6.54 Å². The average Bonchev–Trinajstić information content (AvgIpc) is 2.44. The molecule has 0 radical (unpaired) electrons. The maximum atomic E-state index is 11.7. The minimum absolute atomic E-state index is 0.109. The average molecular weight is 311 g/mol. The van der Waals surface area contributed by atoms with Gasteiger partial charge < -0.3 is 5.32 Å². The largest absolute Gasteiger partial charge is 0.355 e. The van der Waals surface area contributed by atoms with Crippen molar-refractivity contribution in [2.75, 3.05) is 18.1 Å². The first-order valence-corrected chi connectivity index (χ1v) is 9.36. The number of sulfone groups is 1. The van der Waals surface area contributed by atoms with Crippen LogP contribution in [0.3, 0.4) is 0 Å². The fraction of sp³-hybridized carbons (Fsp3) is 0.562. The SMILES string of the molecule is CCCCCS(=O)(=O)CC(=O)NCCCc1ccccc1. The Morgan fingerprint density at radius 1 is 1.10 bits per heavy atom. The molecule has 0 saturated heterocycles. The molecule has 1 aromatic carbocycles. The van der Waals surface area contributed by atoms with Crippen LogP contribution in [0.2, 0.25) is 0 Å². The van der Waals surface area contributed by atoms with Crippen LogP contribution in [-0.4, -0.2) is 32.4 Å². The standard InChI is InChI=1S/C16H25NO3S/c1-2-3-7-13-21(19,20)14-16(18)17-12-8-11-15-9-5-4-6-10-15/h4-6,9-10H,2-3,7-8,11-14H2,1H3,(H,17,18). The van der Waals surface area contributed by atoms with Crippen molar-refractivity contribution in [3.8, 4) is 0 Å². The molecule has 0 aliphatic rings. The first kappa shape index (κ1) is 17.7. The van der Waals surface area contributed by atoms with Crippen LogP contribution in [0.15, 0.2) is 30.3 Å². The summed E-state index contributed by atoms with van der Waals surface area (Å²) in [7, 11) is -3.25. The third kappa shape index (κ3) is 8.50. The van der Waals surface area contributed by atoms with Crippen LogP contribution in [0.5, 0.6) is 0 Å². The van der Waals surface area contributed by atoms with Crippen LogP contribution < -0.4 is 5.32 Å². The van der Waals surface area contributed by atoms with Gasteiger partial charge in [-0.15, -0.1) is 0 Å². The molecule has 0 aromatic heterocycles. The second kappa shape index (κ2) is 9.55. The van der Waals surface area contributed by atoms with Crippen LogP contribution in [0.4, 0.5) is 0 Å². The number of carbonyl (C=O) groups excluding carboxylic acids is 1. The highest BCUT2D eigenvalue weighted by Crippen LogP contribution is 2.02. The summed E-state index contributed by atoms with van der Waals surface area (Å²) >= 11 is 0. The van der Waals surface area contributed by atoms with Gasteiger partial charge in [0.25, 0.3) is 0 Å². The van der Waals surface area contributed by atoms with Crippen molar-refractivity contribution >= 4 is 15.7 Å². The predicted molar refractivity (Wildman–Crippen MR) is 86.0 cm³/mol. The van der Waals surface area contributed by atoms with Crippen LogP contribution in [0.25, 0.3) is 0 Å². The lowest BCUT2D eigenvalue weighted by molar-refractivity contribution is -0.118. The van der Waals surface area contributed by atoms with Gasteiger partial charge in [-0.2, -0.15) is 0 Å². The predicted octanol–water partition coefficient (Wildman–Crippen LogP) is 2.34. The van der Waals surface area contributed by atoms with Crippen LogP contribution in [-0.2, 0) is 21.1 Å². The zero-order valence-electron chi connectivity index (χ0n) is 12.7. The molecule has 0 bridgehead atoms. The summed E-state index contributed by atoms with van der Waals surface area (Å²) in [5, 5.41) is 2.68. The molecular weight excluding hydrogens is 286 g/mol. The first-order valence-electron chi connectivity index (χ1n) is 7.54. The van der Waals surface area contributed by atoms with Gasteiger partial charge >= 0.3 is 0 Å². The van der Waals surface area contributed by atoms with E-state index in [2.05, 4.69) is 5.32 Å². The molecule has 0 saturated carbocycles. The molecule has 0 spiro atoms. The number of nitrogens with one attached hydrogen (secondary N) is 1. The van der Waals surface area contributed by atoms with Crippen molar-refractivity contribution < 1.29 is 13.2 Å². The minimum Gasteiger partial charge on any atom is -0.355 e. The van der Waals surface area contributed by atoms with E-state index in [9.17, 15) is 13.2 Å². The fourth-order valence-electron chi connectivity index (χ4n) is 2.06. The lowest BCUT2D eigenvalue weighted by Crippen LogP contribution is -2.32. The van der Waals surface area contributed by atoms with Crippen LogP contribution in [0.1, 0.15) is 38.2 Å². The molecule has 5 heteroatoms. The van der Waals surface area contributed by atoms with Crippen molar-refractivity contribution in [1.29, 1.82) is 0 Å². The Hall–Kier alpha value is -1.36. The number of hydrogen-bond donors (Lipinski definition) is 1. The maximum Gasteiger partial charge on any atom is 0.235 e. The highest BCUT2D eigenvalue weighted by molar-refractivity contribution is 7.92. The van der Waals surface area contributed by atoms with Crippen molar-refractivity contribution in [2.24, 2.45) is 0 Å². The Morgan fingerprint density at radius 2 is 1.81 bits per heavy atom. The second-order valence-corrected chi connectivity index (χ2v) is 7.42. The molecule has 1 rings (SSSR count). The van der Waals surface area contributed by atoms with Gasteiger partial charge in [-0.05, 0) is 24.8 Å². The number of unbranched alkanes of at least 4 members (excludes halogenated alkanes) is 2. The first-order chi connectivity index (χ1) is 10.0. The molecule has 1 N–H and O–H groups in total. The lowest BCUT2D eigenvalue weighted by atomic mass is 10.1. The summed E-state index contributed by atoms with van der Waals surface area (Å²) in [6, 6.07) is 10.0. The summed E-state index contributed by atoms with van der Waals surface area (Å²) in [6.45, 7) is 2.53. The van der Waals surface area contributed by atoms with Crippen LogP contribution in [0, 0.1) is 0 Å². The molecular formula is C16H25NO3S. The Morgan fingerprint density at radius 3 is 2.48 bits per heavy atom. The van der Waals surface area contributed by atoms with Gasteiger partial charge in [0.2, 0.25) is 5.91 Å². The Labute approximate surface area is 127 Å². The highest BCUT2D eigenvalue weighted by Gasteiger charge is 2.15. The van der Waals surface area contributed by atoms with E-state index >= 15 is 0 Å². The zero-order chi connectivity index (χ0) is 15.6. The summed E-state index contributed by atoms with van der Waals surface area (Å²) in [5.74, 6) is -0.667.